The molecule has 1 unspecified atom stereocenters. The molecule has 6 N–H and O–H groups in total. The molecule has 170 valence electrons. The van der Waals surface area contributed by atoms with Crippen molar-refractivity contribution in [2.75, 3.05) is 5.32 Å². The van der Waals surface area contributed by atoms with Gasteiger partial charge in [-0.15, -0.1) is 0 Å². The standard InChI is InChI=1S/C23H30FN6OP/c1-2-23(9-6-16(7-10-23)29-17-5-3-4-15(24)12-17)28-14-19(22(26)31)21(25)30-18-8-11-27-20(32)13-18/h3-5,8,11-14,16,28-29H,2,6-7,9-10,32H2,1H3,(H2,26,31)(H2,25,27,30)/b19-14+. The van der Waals surface area contributed by atoms with Crippen molar-refractivity contribution in [2.24, 2.45) is 16.5 Å². The number of aliphatic imine (C=N–C) groups is 1. The Morgan fingerprint density at radius 1 is 1.31 bits per heavy atom. The smallest absolute Gasteiger partial charge is 0.253 e. The summed E-state index contributed by atoms with van der Waals surface area (Å²) in [5.74, 6) is -0.848. The van der Waals surface area contributed by atoms with Crippen molar-refractivity contribution >= 4 is 37.8 Å². The number of carbonyl (C=O) groups excluding carboxylic acids is 1. The van der Waals surface area contributed by atoms with E-state index in [1.807, 2.05) is 6.07 Å². The van der Waals surface area contributed by atoms with Gasteiger partial charge in [-0.3, -0.25) is 9.78 Å². The Kier molecular flexibility index (Phi) is 7.80. The molecule has 32 heavy (non-hydrogen) atoms. The number of hydrogen-bond donors (Lipinski definition) is 4. The summed E-state index contributed by atoms with van der Waals surface area (Å²) in [4.78, 5) is 20.4. The molecule has 0 spiro atoms. The zero-order valence-corrected chi connectivity index (χ0v) is 19.3. The first-order chi connectivity index (χ1) is 15.3. The highest BCUT2D eigenvalue weighted by molar-refractivity contribution is 7.26. The number of hydrogen-bond acceptors (Lipinski definition) is 5. The van der Waals surface area contributed by atoms with E-state index in [2.05, 4.69) is 36.8 Å². The predicted octanol–water partition coefficient (Wildman–Crippen LogP) is 2.87. The molecule has 0 saturated heterocycles. The summed E-state index contributed by atoms with van der Waals surface area (Å²) in [5, 5.41) is 6.82. The Morgan fingerprint density at radius 3 is 2.69 bits per heavy atom. The largest absolute Gasteiger partial charge is 0.385 e. The Morgan fingerprint density at radius 2 is 2.06 bits per heavy atom. The van der Waals surface area contributed by atoms with E-state index in [0.717, 1.165) is 43.2 Å². The van der Waals surface area contributed by atoms with Crippen LogP contribution in [0, 0.1) is 5.82 Å². The van der Waals surface area contributed by atoms with Crippen LogP contribution in [0.25, 0.3) is 0 Å². The molecular formula is C23H30FN6OP. The number of nitrogens with two attached hydrogens (primary N) is 2. The van der Waals surface area contributed by atoms with E-state index < -0.39 is 5.91 Å². The highest BCUT2D eigenvalue weighted by Gasteiger charge is 2.33. The molecule has 3 rings (SSSR count). The minimum Gasteiger partial charge on any atom is -0.385 e. The summed E-state index contributed by atoms with van der Waals surface area (Å²) >= 11 is 0. The summed E-state index contributed by atoms with van der Waals surface area (Å²) in [6.45, 7) is 2.11. The first kappa shape index (κ1) is 23.7. The first-order valence-electron chi connectivity index (χ1n) is 10.7. The Bertz CT molecular complexity index is 1020. The number of anilines is 1. The van der Waals surface area contributed by atoms with Crippen LogP contribution in [-0.2, 0) is 4.79 Å². The number of nitrogens with zero attached hydrogens (tertiary/aromatic N) is 2. The summed E-state index contributed by atoms with van der Waals surface area (Å²) < 4.78 is 13.4. The van der Waals surface area contributed by atoms with Crippen LogP contribution >= 0.6 is 9.24 Å². The maximum Gasteiger partial charge on any atom is 0.253 e. The first-order valence-corrected chi connectivity index (χ1v) is 11.2. The third-order valence-corrected chi connectivity index (χ3v) is 6.21. The van der Waals surface area contributed by atoms with E-state index in [-0.39, 0.29) is 28.8 Å². The number of carbonyl (C=O) groups is 1. The zero-order chi connectivity index (χ0) is 23.1. The fraction of sp³-hybridized carbons (Fsp3) is 0.348. The fourth-order valence-electron chi connectivity index (χ4n) is 3.93. The molecule has 7 nitrogen and oxygen atoms in total. The molecule has 1 aromatic carbocycles. The molecule has 0 radical (unpaired) electrons. The number of amidine groups is 1. The number of rotatable bonds is 8. The van der Waals surface area contributed by atoms with Gasteiger partial charge in [-0.2, -0.15) is 0 Å². The van der Waals surface area contributed by atoms with Gasteiger partial charge in [0.05, 0.1) is 16.7 Å². The quantitative estimate of drug-likeness (QED) is 0.211. The molecule has 0 bridgehead atoms. The van der Waals surface area contributed by atoms with Crippen LogP contribution in [0.2, 0.25) is 0 Å². The van der Waals surface area contributed by atoms with Crippen LogP contribution in [0.1, 0.15) is 39.0 Å². The van der Waals surface area contributed by atoms with Crippen LogP contribution in [0.3, 0.4) is 0 Å². The lowest BCUT2D eigenvalue weighted by atomic mass is 9.77. The minimum atomic E-state index is -0.647. The maximum atomic E-state index is 13.4. The maximum absolute atomic E-state index is 13.4. The Hall–Kier alpha value is -2.99. The van der Waals surface area contributed by atoms with E-state index in [4.69, 9.17) is 11.5 Å². The molecular weight excluding hydrogens is 426 g/mol. The fourth-order valence-corrected chi connectivity index (χ4v) is 4.19. The van der Waals surface area contributed by atoms with Crippen molar-refractivity contribution < 1.29 is 9.18 Å². The number of benzene rings is 1. The summed E-state index contributed by atoms with van der Waals surface area (Å²) in [6.07, 6.45) is 7.67. The van der Waals surface area contributed by atoms with Gasteiger partial charge in [-0.25, -0.2) is 9.38 Å². The van der Waals surface area contributed by atoms with Gasteiger partial charge in [0.1, 0.15) is 11.7 Å². The molecule has 1 fully saturated rings. The van der Waals surface area contributed by atoms with Crippen LogP contribution in [0.15, 0.2) is 59.4 Å². The van der Waals surface area contributed by atoms with E-state index in [1.54, 1.807) is 30.6 Å². The van der Waals surface area contributed by atoms with E-state index in [0.29, 0.717) is 5.69 Å². The van der Waals surface area contributed by atoms with Crippen molar-refractivity contribution in [3.63, 3.8) is 0 Å². The summed E-state index contributed by atoms with van der Waals surface area (Å²) in [7, 11) is 2.49. The normalized spacial score (nSPS) is 21.8. The number of aromatic nitrogens is 1. The lowest BCUT2D eigenvalue weighted by molar-refractivity contribution is -0.114. The number of amides is 1. The zero-order valence-electron chi connectivity index (χ0n) is 18.1. The third-order valence-electron chi connectivity index (χ3n) is 5.89. The molecule has 2 aromatic rings. The summed E-state index contributed by atoms with van der Waals surface area (Å²) in [6, 6.07) is 10.2. The molecule has 9 heteroatoms. The molecule has 1 amide bonds. The highest BCUT2D eigenvalue weighted by Crippen LogP contribution is 2.33. The average molecular weight is 457 g/mol. The van der Waals surface area contributed by atoms with Crippen LogP contribution in [-0.4, -0.2) is 28.3 Å². The lowest BCUT2D eigenvalue weighted by Crippen LogP contribution is -2.47. The van der Waals surface area contributed by atoms with Crippen molar-refractivity contribution in [3.05, 3.63) is 60.2 Å². The molecule has 1 aromatic heterocycles. The molecule has 1 aliphatic rings. The van der Waals surface area contributed by atoms with Gasteiger partial charge in [0, 0.05) is 29.7 Å². The van der Waals surface area contributed by atoms with Gasteiger partial charge in [0.25, 0.3) is 5.91 Å². The topological polar surface area (TPSA) is 118 Å². The van der Waals surface area contributed by atoms with E-state index in [1.165, 1.54) is 12.1 Å². The van der Waals surface area contributed by atoms with Gasteiger partial charge < -0.3 is 22.1 Å². The van der Waals surface area contributed by atoms with Gasteiger partial charge >= 0.3 is 0 Å². The SMILES string of the molecule is CCC1(N/C=C(/C(N)=O)C(N)=Nc2ccnc(P)c2)CCC(Nc2cccc(F)c2)CC1. The Balaban J connectivity index is 1.68. The van der Waals surface area contributed by atoms with Crippen LogP contribution in [0.5, 0.6) is 0 Å². The third kappa shape index (κ3) is 6.26. The highest BCUT2D eigenvalue weighted by atomic mass is 31.0. The second kappa shape index (κ2) is 10.6. The minimum absolute atomic E-state index is 0.0494. The number of primary amides is 1. The molecule has 1 saturated carbocycles. The van der Waals surface area contributed by atoms with Crippen molar-refractivity contribution in [1.82, 2.24) is 10.3 Å². The summed E-state index contributed by atoms with van der Waals surface area (Å²) in [5.41, 5.74) is 13.7. The van der Waals surface area contributed by atoms with Crippen molar-refractivity contribution in [3.8, 4) is 0 Å². The molecule has 1 heterocycles. The van der Waals surface area contributed by atoms with Crippen LogP contribution < -0.4 is 27.5 Å². The molecule has 1 atom stereocenters. The van der Waals surface area contributed by atoms with Gasteiger partial charge in [0.15, 0.2) is 0 Å². The van der Waals surface area contributed by atoms with Gasteiger partial charge in [-0.1, -0.05) is 22.2 Å². The second-order valence-corrected chi connectivity index (χ2v) is 8.66. The molecule has 0 aliphatic heterocycles. The average Bonchev–Trinajstić information content (AvgIpc) is 2.75. The van der Waals surface area contributed by atoms with Crippen molar-refractivity contribution in [2.45, 2.75) is 50.6 Å². The van der Waals surface area contributed by atoms with Gasteiger partial charge in [0.2, 0.25) is 0 Å². The van der Waals surface area contributed by atoms with E-state index in [9.17, 15) is 9.18 Å². The predicted molar refractivity (Wildman–Crippen MR) is 131 cm³/mol. The Labute approximate surface area is 190 Å². The van der Waals surface area contributed by atoms with Crippen LogP contribution in [0.4, 0.5) is 15.8 Å². The lowest BCUT2D eigenvalue weighted by Gasteiger charge is -2.40. The molecule has 1 aliphatic carbocycles. The number of nitrogens with one attached hydrogen (secondary N) is 2. The number of pyridine rings is 1. The van der Waals surface area contributed by atoms with Crippen molar-refractivity contribution in [1.29, 1.82) is 0 Å². The monoisotopic (exact) mass is 456 g/mol. The number of halogens is 1. The second-order valence-electron chi connectivity index (χ2n) is 8.07. The van der Waals surface area contributed by atoms with Gasteiger partial charge in [-0.05, 0) is 62.4 Å². The van der Waals surface area contributed by atoms with E-state index >= 15 is 0 Å².